The number of aromatic nitrogens is 4. The van der Waals surface area contributed by atoms with Gasteiger partial charge in [-0.25, -0.2) is 19.9 Å². The average molecular weight is 335 g/mol. The molecule has 6 nitrogen and oxygen atoms in total. The zero-order chi connectivity index (χ0) is 16.4. The molecule has 0 fully saturated rings. The molecule has 0 spiro atoms. The molecule has 0 atom stereocenters. The lowest BCUT2D eigenvalue weighted by atomic mass is 10.1. The molecular formula is C17H13N5OS. The van der Waals surface area contributed by atoms with Gasteiger partial charge in [0.1, 0.15) is 11.5 Å². The van der Waals surface area contributed by atoms with E-state index in [1.54, 1.807) is 30.8 Å². The molecule has 0 radical (unpaired) electrons. The Morgan fingerprint density at radius 2 is 2.04 bits per heavy atom. The van der Waals surface area contributed by atoms with Crippen molar-refractivity contribution in [3.05, 3.63) is 54.3 Å². The molecule has 3 heterocycles. The molecule has 118 valence electrons. The molecule has 4 rings (SSSR count). The van der Waals surface area contributed by atoms with Gasteiger partial charge in [-0.15, -0.1) is 11.3 Å². The Bertz CT molecular complexity index is 987. The summed E-state index contributed by atoms with van der Waals surface area (Å²) in [6.45, 7) is 0. The van der Waals surface area contributed by atoms with Crippen LogP contribution < -0.4 is 10.1 Å². The topological polar surface area (TPSA) is 72.8 Å². The minimum absolute atomic E-state index is 0.467. The maximum absolute atomic E-state index is 5.42. The highest BCUT2D eigenvalue weighted by Crippen LogP contribution is 2.31. The molecule has 0 aliphatic carbocycles. The summed E-state index contributed by atoms with van der Waals surface area (Å²) in [6, 6.07) is 11.6. The van der Waals surface area contributed by atoms with Crippen LogP contribution in [0.4, 0.5) is 11.8 Å². The van der Waals surface area contributed by atoms with Gasteiger partial charge in [-0.2, -0.15) is 0 Å². The fourth-order valence-corrected chi connectivity index (χ4v) is 3.06. The number of methoxy groups -OCH3 is 1. The molecule has 0 unspecified atom stereocenters. The predicted molar refractivity (Wildman–Crippen MR) is 94.7 cm³/mol. The van der Waals surface area contributed by atoms with Crippen LogP contribution in [0.25, 0.3) is 21.5 Å². The van der Waals surface area contributed by atoms with Crippen LogP contribution in [0, 0.1) is 0 Å². The average Bonchev–Trinajstić information content (AvgIpc) is 3.10. The van der Waals surface area contributed by atoms with Crippen molar-refractivity contribution in [3.63, 3.8) is 0 Å². The summed E-state index contributed by atoms with van der Waals surface area (Å²) in [5.41, 5.74) is 4.49. The normalized spacial score (nSPS) is 10.7. The minimum atomic E-state index is 0.467. The summed E-state index contributed by atoms with van der Waals surface area (Å²) in [5, 5.41) is 3.10. The van der Waals surface area contributed by atoms with Crippen LogP contribution in [-0.2, 0) is 0 Å². The van der Waals surface area contributed by atoms with Gasteiger partial charge < -0.3 is 10.1 Å². The molecule has 0 amide bonds. The largest absolute Gasteiger partial charge is 0.493 e. The van der Waals surface area contributed by atoms with Crippen molar-refractivity contribution in [2.24, 2.45) is 0 Å². The van der Waals surface area contributed by atoms with Crippen molar-refractivity contribution in [2.45, 2.75) is 0 Å². The molecule has 0 bridgehead atoms. The lowest BCUT2D eigenvalue weighted by Gasteiger charge is -2.10. The smallest absolute Gasteiger partial charge is 0.229 e. The lowest BCUT2D eigenvalue weighted by Crippen LogP contribution is -2.01. The number of nitrogens with zero attached hydrogens (tertiary/aromatic N) is 4. The van der Waals surface area contributed by atoms with Gasteiger partial charge in [-0.1, -0.05) is 12.1 Å². The molecule has 1 N–H and O–H groups in total. The molecule has 7 heteroatoms. The first-order chi connectivity index (χ1) is 11.8. The summed E-state index contributed by atoms with van der Waals surface area (Å²) in [4.78, 5) is 17.4. The number of hydrogen-bond acceptors (Lipinski definition) is 7. The van der Waals surface area contributed by atoms with Gasteiger partial charge in [0.2, 0.25) is 5.95 Å². The third kappa shape index (κ3) is 2.77. The number of benzene rings is 1. The summed E-state index contributed by atoms with van der Waals surface area (Å²) < 4.78 is 6.52. The van der Waals surface area contributed by atoms with Crippen molar-refractivity contribution in [1.82, 2.24) is 19.9 Å². The van der Waals surface area contributed by atoms with Gasteiger partial charge in [0.25, 0.3) is 0 Å². The Balaban J connectivity index is 1.76. The first kappa shape index (κ1) is 14.5. The number of ether oxygens (including phenoxy) is 1. The summed E-state index contributed by atoms with van der Waals surface area (Å²) in [5.74, 6) is 1.77. The molecule has 0 saturated carbocycles. The Morgan fingerprint density at radius 1 is 1.08 bits per heavy atom. The van der Waals surface area contributed by atoms with E-state index in [0.717, 1.165) is 21.5 Å². The van der Waals surface area contributed by atoms with E-state index >= 15 is 0 Å². The molecule has 0 aliphatic heterocycles. The van der Waals surface area contributed by atoms with Gasteiger partial charge in [0.15, 0.2) is 5.75 Å². The van der Waals surface area contributed by atoms with E-state index < -0.39 is 0 Å². The van der Waals surface area contributed by atoms with Crippen LogP contribution in [0.2, 0.25) is 0 Å². The quantitative estimate of drug-likeness (QED) is 0.610. The molecule has 24 heavy (non-hydrogen) atoms. The third-order valence-electron chi connectivity index (χ3n) is 3.48. The fourth-order valence-electron chi connectivity index (χ4n) is 2.34. The van der Waals surface area contributed by atoms with Crippen LogP contribution >= 0.6 is 11.3 Å². The van der Waals surface area contributed by atoms with E-state index in [4.69, 9.17) is 4.74 Å². The van der Waals surface area contributed by atoms with Crippen molar-refractivity contribution in [1.29, 1.82) is 0 Å². The first-order valence-electron chi connectivity index (χ1n) is 7.26. The van der Waals surface area contributed by atoms with Crippen LogP contribution in [-0.4, -0.2) is 27.0 Å². The second-order valence-corrected chi connectivity index (χ2v) is 5.87. The van der Waals surface area contributed by atoms with Gasteiger partial charge in [-0.05, 0) is 24.3 Å². The number of rotatable bonds is 4. The molecule has 1 aromatic carbocycles. The number of hydrogen-bond donors (Lipinski definition) is 1. The molecule has 0 saturated heterocycles. The second-order valence-electron chi connectivity index (χ2n) is 4.99. The van der Waals surface area contributed by atoms with Gasteiger partial charge in [-0.3, -0.25) is 0 Å². The molecular weight excluding hydrogens is 322 g/mol. The first-order valence-corrected chi connectivity index (χ1v) is 8.14. The minimum Gasteiger partial charge on any atom is -0.493 e. The fraction of sp³-hybridized carbons (Fsp3) is 0.0588. The summed E-state index contributed by atoms with van der Waals surface area (Å²) >= 11 is 1.60. The highest BCUT2D eigenvalue weighted by Gasteiger charge is 2.12. The Hall–Kier alpha value is -3.06. The highest BCUT2D eigenvalue weighted by molar-refractivity contribution is 7.16. The Kier molecular flexibility index (Phi) is 3.76. The van der Waals surface area contributed by atoms with E-state index in [1.807, 2.05) is 35.8 Å². The van der Waals surface area contributed by atoms with Crippen molar-refractivity contribution >= 4 is 33.3 Å². The van der Waals surface area contributed by atoms with Crippen molar-refractivity contribution in [3.8, 4) is 17.0 Å². The van der Waals surface area contributed by atoms with Gasteiger partial charge in [0.05, 0.1) is 29.0 Å². The van der Waals surface area contributed by atoms with Crippen LogP contribution in [0.15, 0.2) is 54.3 Å². The summed E-state index contributed by atoms with van der Waals surface area (Å²) in [7, 11) is 1.61. The van der Waals surface area contributed by atoms with E-state index in [9.17, 15) is 0 Å². The van der Waals surface area contributed by atoms with Crippen LogP contribution in [0.3, 0.4) is 0 Å². The molecule has 3 aromatic heterocycles. The molecule has 4 aromatic rings. The van der Waals surface area contributed by atoms with Crippen molar-refractivity contribution < 1.29 is 4.74 Å². The number of anilines is 2. The van der Waals surface area contributed by atoms with E-state index in [0.29, 0.717) is 17.5 Å². The maximum Gasteiger partial charge on any atom is 0.229 e. The number of thiazole rings is 1. The van der Waals surface area contributed by atoms with Gasteiger partial charge >= 0.3 is 0 Å². The zero-order valence-electron chi connectivity index (χ0n) is 12.8. The number of pyridine rings is 1. The zero-order valence-corrected chi connectivity index (χ0v) is 13.6. The second kappa shape index (κ2) is 6.21. The lowest BCUT2D eigenvalue weighted by molar-refractivity contribution is 0.413. The van der Waals surface area contributed by atoms with E-state index in [1.165, 1.54) is 0 Å². The van der Waals surface area contributed by atoms with Gasteiger partial charge in [0, 0.05) is 11.8 Å². The highest BCUT2D eigenvalue weighted by atomic mass is 32.1. The molecule has 0 aliphatic rings. The van der Waals surface area contributed by atoms with E-state index in [-0.39, 0.29) is 0 Å². The standard InChI is InChI=1S/C17H13N5OS/c1-23-13-9-19-17(21-15-4-2-3-7-18-15)22-16(13)11-5-6-12-14(8-11)24-10-20-12/h2-10H,1H3,(H,18,19,21,22). The predicted octanol–water partition coefficient (Wildman–Crippen LogP) is 3.90. The van der Waals surface area contributed by atoms with Crippen LogP contribution in [0.5, 0.6) is 5.75 Å². The summed E-state index contributed by atoms with van der Waals surface area (Å²) in [6.07, 6.45) is 3.37. The van der Waals surface area contributed by atoms with Crippen molar-refractivity contribution in [2.75, 3.05) is 12.4 Å². The Labute approximate surface area is 142 Å². The Morgan fingerprint density at radius 3 is 2.88 bits per heavy atom. The monoisotopic (exact) mass is 335 g/mol. The number of fused-ring (bicyclic) bond motifs is 1. The van der Waals surface area contributed by atoms with Crippen LogP contribution in [0.1, 0.15) is 0 Å². The SMILES string of the molecule is COc1cnc(Nc2ccccn2)nc1-c1ccc2ncsc2c1. The number of nitrogens with one attached hydrogen (secondary N) is 1. The van der Waals surface area contributed by atoms with E-state index in [2.05, 4.69) is 31.3 Å². The third-order valence-corrected chi connectivity index (χ3v) is 4.28. The maximum atomic E-state index is 5.42.